The van der Waals surface area contributed by atoms with E-state index in [1.807, 2.05) is 4.90 Å². The molecule has 0 unspecified atom stereocenters. The largest absolute Gasteiger partial charge is 0.497 e. The molecule has 1 fully saturated rings. The van der Waals surface area contributed by atoms with E-state index in [0.29, 0.717) is 42.2 Å². The second-order valence-electron chi connectivity index (χ2n) is 9.27. The average Bonchev–Trinajstić information content (AvgIpc) is 3.64. The van der Waals surface area contributed by atoms with Gasteiger partial charge >= 0.3 is 6.18 Å². The summed E-state index contributed by atoms with van der Waals surface area (Å²) in [5.41, 5.74) is 1.00. The predicted molar refractivity (Wildman–Crippen MR) is 143 cm³/mol. The summed E-state index contributed by atoms with van der Waals surface area (Å²) in [4.78, 5) is 31.1. The van der Waals surface area contributed by atoms with Crippen LogP contribution in [0.3, 0.4) is 0 Å². The number of carbonyl (C=O) groups excluding carboxylic acids is 2. The van der Waals surface area contributed by atoms with Crippen molar-refractivity contribution in [2.45, 2.75) is 31.9 Å². The Kier molecular flexibility index (Phi) is 7.65. The van der Waals surface area contributed by atoms with Crippen LogP contribution in [-0.4, -0.2) is 58.8 Å². The number of amidine groups is 1. The number of nitrogens with one attached hydrogen (secondary N) is 2. The molecule has 2 aliphatic rings. The third kappa shape index (κ3) is 5.95. The normalized spacial score (nSPS) is 17.2. The fourth-order valence-electron chi connectivity index (χ4n) is 4.71. The van der Waals surface area contributed by atoms with Crippen LogP contribution >= 0.6 is 11.8 Å². The first-order chi connectivity index (χ1) is 18.7. The number of aromatic amines is 1. The number of ether oxygens (including phenoxy) is 1. The molecule has 0 saturated carbocycles. The standard InChI is InChI=1S/C27H26F3N5O3S/c1-38-19-7-5-17(21(14-19)27(28,29)30)13-20(16-6-8-22-18(12-16)15-32-34-22)24-25(37)33-26(39-24)31-9-3-11-35-10-2-4-23(35)36/h5-8,12,14-15H,2-4,9-11,13H2,1H3,(H,32,34)(H,31,33,37). The number of allylic oxidation sites excluding steroid dienone is 1. The summed E-state index contributed by atoms with van der Waals surface area (Å²) in [6, 6.07) is 9.15. The van der Waals surface area contributed by atoms with Gasteiger partial charge < -0.3 is 15.0 Å². The van der Waals surface area contributed by atoms with Crippen molar-refractivity contribution in [1.29, 1.82) is 0 Å². The Hall–Kier alpha value is -3.80. The summed E-state index contributed by atoms with van der Waals surface area (Å²) < 4.78 is 47.0. The smallest absolute Gasteiger partial charge is 0.416 e. The zero-order valence-electron chi connectivity index (χ0n) is 21.1. The molecule has 1 aromatic heterocycles. The highest BCUT2D eigenvalue weighted by molar-refractivity contribution is 8.18. The fraction of sp³-hybridized carbons (Fsp3) is 0.333. The zero-order valence-corrected chi connectivity index (χ0v) is 21.9. The van der Waals surface area contributed by atoms with E-state index < -0.39 is 17.6 Å². The molecular weight excluding hydrogens is 531 g/mol. The van der Waals surface area contributed by atoms with E-state index in [4.69, 9.17) is 4.74 Å². The number of nitrogens with zero attached hydrogens (tertiary/aromatic N) is 3. The van der Waals surface area contributed by atoms with Gasteiger partial charge in [0.2, 0.25) is 5.91 Å². The van der Waals surface area contributed by atoms with Crippen molar-refractivity contribution >= 4 is 45.2 Å². The Bertz CT molecular complexity index is 1480. The minimum absolute atomic E-state index is 0.0168. The molecule has 2 aromatic carbocycles. The van der Waals surface area contributed by atoms with Crippen molar-refractivity contribution in [2.24, 2.45) is 4.99 Å². The van der Waals surface area contributed by atoms with Crippen LogP contribution in [-0.2, 0) is 22.2 Å². The molecule has 0 aliphatic carbocycles. The minimum atomic E-state index is -4.61. The average molecular weight is 558 g/mol. The number of thioether (sulfide) groups is 1. The van der Waals surface area contributed by atoms with E-state index >= 15 is 0 Å². The number of carbonyl (C=O) groups is 2. The molecular formula is C27H26F3N5O3S. The molecule has 5 rings (SSSR count). The van der Waals surface area contributed by atoms with E-state index in [1.54, 1.807) is 24.4 Å². The van der Waals surface area contributed by atoms with Gasteiger partial charge in [-0.25, -0.2) is 0 Å². The number of aliphatic imine (C=N–C) groups is 1. The zero-order chi connectivity index (χ0) is 27.6. The van der Waals surface area contributed by atoms with Crippen molar-refractivity contribution in [3.05, 3.63) is 64.2 Å². The maximum Gasteiger partial charge on any atom is 0.416 e. The van der Waals surface area contributed by atoms with Crippen molar-refractivity contribution in [2.75, 3.05) is 26.7 Å². The van der Waals surface area contributed by atoms with E-state index in [1.165, 1.54) is 19.2 Å². The van der Waals surface area contributed by atoms with Crippen LogP contribution in [0.25, 0.3) is 16.5 Å². The number of H-pyrrole nitrogens is 1. The minimum Gasteiger partial charge on any atom is -0.497 e. The molecule has 0 spiro atoms. The molecule has 3 aromatic rings. The van der Waals surface area contributed by atoms with Gasteiger partial charge in [-0.05, 0) is 72.0 Å². The first-order valence-corrected chi connectivity index (χ1v) is 13.3. The highest BCUT2D eigenvalue weighted by atomic mass is 32.2. The Balaban J connectivity index is 1.43. The molecule has 12 heteroatoms. The molecule has 0 atom stereocenters. The number of aromatic nitrogens is 2. The van der Waals surface area contributed by atoms with Crippen molar-refractivity contribution in [3.63, 3.8) is 0 Å². The number of fused-ring (bicyclic) bond motifs is 1. The number of rotatable bonds is 8. The number of likely N-dealkylation sites (tertiary alicyclic amines) is 1. The van der Waals surface area contributed by atoms with Gasteiger partial charge in [-0.1, -0.05) is 12.1 Å². The summed E-state index contributed by atoms with van der Waals surface area (Å²) in [6.07, 6.45) is -1.00. The molecule has 2 N–H and O–H groups in total. The van der Waals surface area contributed by atoms with Crippen LogP contribution in [0.2, 0.25) is 0 Å². The van der Waals surface area contributed by atoms with Crippen LogP contribution in [0.5, 0.6) is 5.75 Å². The number of benzene rings is 2. The molecule has 3 heterocycles. The number of amides is 2. The Morgan fingerprint density at radius 2 is 2.05 bits per heavy atom. The Morgan fingerprint density at radius 1 is 1.21 bits per heavy atom. The highest BCUT2D eigenvalue weighted by Crippen LogP contribution is 2.40. The van der Waals surface area contributed by atoms with Crippen LogP contribution < -0.4 is 10.1 Å². The van der Waals surface area contributed by atoms with Gasteiger partial charge in [0.15, 0.2) is 5.17 Å². The molecule has 0 radical (unpaired) electrons. The maximum atomic E-state index is 14.0. The lowest BCUT2D eigenvalue weighted by molar-refractivity contribution is -0.138. The van der Waals surface area contributed by atoms with Gasteiger partial charge in [0.25, 0.3) is 5.91 Å². The van der Waals surface area contributed by atoms with E-state index in [-0.39, 0.29) is 28.5 Å². The SMILES string of the molecule is COc1ccc(CC(=C2SC(NCCCN3CCCC3=O)=NC2=O)c2ccc3[nH]ncc3c2)c(C(F)(F)F)c1. The third-order valence-corrected chi connectivity index (χ3v) is 7.76. The maximum absolute atomic E-state index is 14.0. The Morgan fingerprint density at radius 3 is 2.79 bits per heavy atom. The van der Waals surface area contributed by atoms with E-state index in [2.05, 4.69) is 20.5 Å². The summed E-state index contributed by atoms with van der Waals surface area (Å²) >= 11 is 1.11. The molecule has 39 heavy (non-hydrogen) atoms. The van der Waals surface area contributed by atoms with Crippen molar-refractivity contribution in [1.82, 2.24) is 20.4 Å². The van der Waals surface area contributed by atoms with E-state index in [9.17, 15) is 22.8 Å². The number of alkyl halides is 3. The topological polar surface area (TPSA) is 99.7 Å². The third-order valence-electron chi connectivity index (χ3n) is 6.70. The molecule has 2 aliphatic heterocycles. The molecule has 1 saturated heterocycles. The highest BCUT2D eigenvalue weighted by Gasteiger charge is 2.35. The van der Waals surface area contributed by atoms with Crippen LogP contribution in [0.4, 0.5) is 13.2 Å². The monoisotopic (exact) mass is 557 g/mol. The van der Waals surface area contributed by atoms with Gasteiger partial charge in [0.1, 0.15) is 5.75 Å². The lowest BCUT2D eigenvalue weighted by atomic mass is 9.93. The predicted octanol–water partition coefficient (Wildman–Crippen LogP) is 4.78. The van der Waals surface area contributed by atoms with Crippen LogP contribution in [0.15, 0.2) is 52.5 Å². The van der Waals surface area contributed by atoms with Crippen molar-refractivity contribution in [3.8, 4) is 5.75 Å². The molecule has 8 nitrogen and oxygen atoms in total. The Labute approximate surface area is 226 Å². The van der Waals surface area contributed by atoms with E-state index in [0.717, 1.165) is 41.7 Å². The van der Waals surface area contributed by atoms with Crippen LogP contribution in [0.1, 0.15) is 36.0 Å². The molecule has 0 bridgehead atoms. The lowest BCUT2D eigenvalue weighted by Gasteiger charge is -2.17. The van der Waals surface area contributed by atoms with Gasteiger partial charge in [0, 0.05) is 31.4 Å². The number of hydrogen-bond acceptors (Lipinski definition) is 6. The number of methoxy groups -OCH3 is 1. The van der Waals surface area contributed by atoms with Gasteiger partial charge in [0.05, 0.1) is 29.3 Å². The lowest BCUT2D eigenvalue weighted by Crippen LogP contribution is -2.29. The summed E-state index contributed by atoms with van der Waals surface area (Å²) in [7, 11) is 1.31. The van der Waals surface area contributed by atoms with Gasteiger partial charge in [-0.3, -0.25) is 14.7 Å². The second kappa shape index (κ2) is 11.1. The number of hydrogen-bond donors (Lipinski definition) is 2. The van der Waals surface area contributed by atoms with Gasteiger partial charge in [-0.15, -0.1) is 0 Å². The summed E-state index contributed by atoms with van der Waals surface area (Å²) in [5.74, 6) is -0.266. The summed E-state index contributed by atoms with van der Waals surface area (Å²) in [6.45, 7) is 1.88. The summed E-state index contributed by atoms with van der Waals surface area (Å²) in [5, 5.41) is 11.2. The number of halogens is 3. The first-order valence-electron chi connectivity index (χ1n) is 12.5. The fourth-order valence-corrected chi connectivity index (χ4v) is 5.66. The molecule has 2 amide bonds. The van der Waals surface area contributed by atoms with Crippen molar-refractivity contribution < 1.29 is 27.5 Å². The van der Waals surface area contributed by atoms with Crippen LogP contribution in [0, 0.1) is 0 Å². The second-order valence-corrected chi connectivity index (χ2v) is 10.3. The first kappa shape index (κ1) is 26.8. The quantitative estimate of drug-likeness (QED) is 0.306. The molecule has 204 valence electrons. The van der Waals surface area contributed by atoms with Gasteiger partial charge in [-0.2, -0.15) is 23.3 Å².